The minimum absolute atomic E-state index is 0.842. The molecule has 1 saturated carbocycles. The molecule has 1 aliphatic carbocycles. The first-order chi connectivity index (χ1) is 8.42. The van der Waals surface area contributed by atoms with Crippen LogP contribution in [0, 0.1) is 0 Å². The highest BCUT2D eigenvalue weighted by atomic mass is 32.1. The quantitative estimate of drug-likeness (QED) is 0.873. The fourth-order valence-corrected chi connectivity index (χ4v) is 2.61. The standard InChI is InChI=1S/C14H16N2S/c1-2-11(8-13(3-1)12-4-5-12)9-15-10-14-16-6-7-17-14/h1-3,6-8,12,15H,4-5,9-10H2. The number of nitrogens with zero attached hydrogens (tertiary/aromatic N) is 1. The van der Waals surface area contributed by atoms with Crippen molar-refractivity contribution in [2.45, 2.75) is 31.8 Å². The Balaban J connectivity index is 1.55. The van der Waals surface area contributed by atoms with Crippen molar-refractivity contribution in [2.75, 3.05) is 0 Å². The Hall–Kier alpha value is -1.19. The van der Waals surface area contributed by atoms with Gasteiger partial charge in [0, 0.05) is 24.7 Å². The lowest BCUT2D eigenvalue weighted by atomic mass is 10.1. The lowest BCUT2D eigenvalue weighted by Gasteiger charge is -2.05. The van der Waals surface area contributed by atoms with Crippen LogP contribution in [0.4, 0.5) is 0 Å². The van der Waals surface area contributed by atoms with Crippen LogP contribution in [0.5, 0.6) is 0 Å². The van der Waals surface area contributed by atoms with Gasteiger partial charge in [0.2, 0.25) is 0 Å². The summed E-state index contributed by atoms with van der Waals surface area (Å²) in [6.07, 6.45) is 4.60. The van der Waals surface area contributed by atoms with E-state index < -0.39 is 0 Å². The molecule has 1 fully saturated rings. The Morgan fingerprint density at radius 3 is 3.00 bits per heavy atom. The number of thiazole rings is 1. The van der Waals surface area contributed by atoms with E-state index in [2.05, 4.69) is 34.6 Å². The molecule has 0 aliphatic heterocycles. The second-order valence-electron chi connectivity index (χ2n) is 4.55. The maximum Gasteiger partial charge on any atom is 0.106 e. The fraction of sp³-hybridized carbons (Fsp3) is 0.357. The third kappa shape index (κ3) is 2.93. The summed E-state index contributed by atoms with van der Waals surface area (Å²) in [5.74, 6) is 0.842. The van der Waals surface area contributed by atoms with Crippen LogP contribution in [-0.2, 0) is 13.1 Å². The Labute approximate surface area is 106 Å². The Morgan fingerprint density at radius 1 is 1.29 bits per heavy atom. The normalized spacial score (nSPS) is 15.1. The Morgan fingerprint density at radius 2 is 2.24 bits per heavy atom. The van der Waals surface area contributed by atoms with Crippen LogP contribution in [0.25, 0.3) is 0 Å². The van der Waals surface area contributed by atoms with Crippen molar-refractivity contribution in [1.29, 1.82) is 0 Å². The molecule has 0 atom stereocenters. The summed E-state index contributed by atoms with van der Waals surface area (Å²) in [5, 5.41) is 6.61. The van der Waals surface area contributed by atoms with E-state index in [1.54, 1.807) is 11.3 Å². The predicted molar refractivity (Wildman–Crippen MR) is 71.1 cm³/mol. The molecule has 2 aromatic rings. The van der Waals surface area contributed by atoms with Crippen molar-refractivity contribution in [3.8, 4) is 0 Å². The zero-order valence-electron chi connectivity index (χ0n) is 9.73. The molecule has 1 heterocycles. The zero-order valence-corrected chi connectivity index (χ0v) is 10.5. The second-order valence-corrected chi connectivity index (χ2v) is 5.53. The van der Waals surface area contributed by atoms with E-state index in [4.69, 9.17) is 0 Å². The van der Waals surface area contributed by atoms with Crippen LogP contribution < -0.4 is 5.32 Å². The van der Waals surface area contributed by atoms with Gasteiger partial charge < -0.3 is 5.32 Å². The molecule has 0 amide bonds. The monoisotopic (exact) mass is 244 g/mol. The zero-order chi connectivity index (χ0) is 11.5. The van der Waals surface area contributed by atoms with Gasteiger partial charge in [0.1, 0.15) is 5.01 Å². The third-order valence-corrected chi connectivity index (χ3v) is 3.87. The first-order valence-electron chi connectivity index (χ1n) is 6.10. The molecule has 1 aromatic heterocycles. The van der Waals surface area contributed by atoms with Gasteiger partial charge in [0.15, 0.2) is 0 Å². The summed E-state index contributed by atoms with van der Waals surface area (Å²) in [4.78, 5) is 4.26. The van der Waals surface area contributed by atoms with Gasteiger partial charge in [-0.05, 0) is 29.9 Å². The molecule has 2 nitrogen and oxygen atoms in total. The molecule has 1 aromatic carbocycles. The Kier molecular flexibility index (Phi) is 3.20. The molecule has 1 aliphatic rings. The van der Waals surface area contributed by atoms with E-state index in [0.29, 0.717) is 0 Å². The van der Waals surface area contributed by atoms with Gasteiger partial charge in [-0.3, -0.25) is 0 Å². The summed E-state index contributed by atoms with van der Waals surface area (Å²) < 4.78 is 0. The molecule has 1 N–H and O–H groups in total. The van der Waals surface area contributed by atoms with Crippen LogP contribution >= 0.6 is 11.3 Å². The summed E-state index contributed by atoms with van der Waals surface area (Å²) in [7, 11) is 0. The van der Waals surface area contributed by atoms with E-state index >= 15 is 0 Å². The lowest BCUT2D eigenvalue weighted by molar-refractivity contribution is 0.689. The average Bonchev–Trinajstić information content (AvgIpc) is 3.09. The summed E-state index contributed by atoms with van der Waals surface area (Å²) in [6.45, 7) is 1.80. The van der Waals surface area contributed by atoms with Crippen molar-refractivity contribution in [1.82, 2.24) is 10.3 Å². The fourth-order valence-electron chi connectivity index (χ4n) is 2.03. The molecule has 0 radical (unpaired) electrons. The van der Waals surface area contributed by atoms with Crippen molar-refractivity contribution in [3.63, 3.8) is 0 Å². The van der Waals surface area contributed by atoms with Gasteiger partial charge in [0.25, 0.3) is 0 Å². The minimum Gasteiger partial charge on any atom is -0.306 e. The minimum atomic E-state index is 0.842. The van der Waals surface area contributed by atoms with Crippen LogP contribution in [0.1, 0.15) is 34.9 Å². The number of rotatable bonds is 5. The van der Waals surface area contributed by atoms with Gasteiger partial charge in [-0.25, -0.2) is 4.98 Å². The highest BCUT2D eigenvalue weighted by Gasteiger charge is 2.23. The average molecular weight is 244 g/mol. The molecular weight excluding hydrogens is 228 g/mol. The number of aromatic nitrogens is 1. The van der Waals surface area contributed by atoms with Crippen LogP contribution in [0.2, 0.25) is 0 Å². The predicted octanol–water partition coefficient (Wildman–Crippen LogP) is 3.31. The molecule has 0 bridgehead atoms. The van der Waals surface area contributed by atoms with E-state index in [1.165, 1.54) is 24.0 Å². The maximum absolute atomic E-state index is 4.26. The Bertz CT molecular complexity index is 475. The van der Waals surface area contributed by atoms with Gasteiger partial charge in [0.05, 0.1) is 0 Å². The smallest absolute Gasteiger partial charge is 0.106 e. The number of hydrogen-bond acceptors (Lipinski definition) is 3. The molecular formula is C14H16N2S. The SMILES string of the molecule is c1cc(CNCc2nccs2)cc(C2CC2)c1. The molecule has 0 spiro atoms. The lowest BCUT2D eigenvalue weighted by Crippen LogP contribution is -2.12. The van der Waals surface area contributed by atoms with Gasteiger partial charge in [-0.1, -0.05) is 24.3 Å². The third-order valence-electron chi connectivity index (χ3n) is 3.09. The first kappa shape index (κ1) is 10.9. The van der Waals surface area contributed by atoms with E-state index in [0.717, 1.165) is 24.0 Å². The largest absolute Gasteiger partial charge is 0.306 e. The van der Waals surface area contributed by atoms with Crippen molar-refractivity contribution < 1.29 is 0 Å². The van der Waals surface area contributed by atoms with Crippen LogP contribution in [0.15, 0.2) is 35.8 Å². The topological polar surface area (TPSA) is 24.9 Å². The van der Waals surface area contributed by atoms with Crippen LogP contribution in [-0.4, -0.2) is 4.98 Å². The van der Waals surface area contributed by atoms with Gasteiger partial charge in [-0.2, -0.15) is 0 Å². The molecule has 17 heavy (non-hydrogen) atoms. The number of nitrogens with one attached hydrogen (secondary N) is 1. The van der Waals surface area contributed by atoms with Gasteiger partial charge in [-0.15, -0.1) is 11.3 Å². The van der Waals surface area contributed by atoms with E-state index in [9.17, 15) is 0 Å². The molecule has 3 rings (SSSR count). The summed E-state index contributed by atoms with van der Waals surface area (Å²) in [6, 6.07) is 8.96. The molecule has 3 heteroatoms. The van der Waals surface area contributed by atoms with Crippen LogP contribution in [0.3, 0.4) is 0 Å². The maximum atomic E-state index is 4.26. The molecule has 0 saturated heterocycles. The molecule has 88 valence electrons. The van der Waals surface area contributed by atoms with E-state index in [1.807, 2.05) is 11.6 Å². The molecule has 0 unspecified atom stereocenters. The summed E-state index contributed by atoms with van der Waals surface area (Å²) in [5.41, 5.74) is 2.89. The van der Waals surface area contributed by atoms with E-state index in [-0.39, 0.29) is 0 Å². The van der Waals surface area contributed by atoms with Gasteiger partial charge >= 0.3 is 0 Å². The highest BCUT2D eigenvalue weighted by Crippen LogP contribution is 2.40. The summed E-state index contributed by atoms with van der Waals surface area (Å²) >= 11 is 1.70. The number of hydrogen-bond donors (Lipinski definition) is 1. The second kappa shape index (κ2) is 4.98. The first-order valence-corrected chi connectivity index (χ1v) is 6.98. The van der Waals surface area contributed by atoms with Crippen molar-refractivity contribution in [2.24, 2.45) is 0 Å². The highest BCUT2D eigenvalue weighted by molar-refractivity contribution is 7.09. The van der Waals surface area contributed by atoms with Crippen molar-refractivity contribution >= 4 is 11.3 Å². The van der Waals surface area contributed by atoms with Crippen molar-refractivity contribution in [3.05, 3.63) is 52.0 Å². The number of benzene rings is 1.